The first kappa shape index (κ1) is 11.4. The highest BCUT2D eigenvalue weighted by Crippen LogP contribution is 2.34. The van der Waals surface area contributed by atoms with Crippen LogP contribution in [0.1, 0.15) is 52.4 Å². The molecular weight excluding hydrogens is 184 g/mol. The molecule has 0 spiro atoms. The van der Waals surface area contributed by atoms with Crippen LogP contribution in [-0.4, -0.2) is 29.6 Å². The number of hydrogen-bond acceptors (Lipinski definition) is 2. The molecule has 0 bridgehead atoms. The van der Waals surface area contributed by atoms with Crippen LogP contribution in [0.5, 0.6) is 0 Å². The highest BCUT2D eigenvalue weighted by Gasteiger charge is 2.33. The number of nitrogens with two attached hydrogens (primary N) is 1. The molecule has 0 aliphatic heterocycles. The van der Waals surface area contributed by atoms with Crippen LogP contribution in [0.4, 0.5) is 0 Å². The molecule has 2 aliphatic rings. The fraction of sp³-hybridized carbons (Fsp3) is 1.00. The van der Waals surface area contributed by atoms with Gasteiger partial charge in [0.05, 0.1) is 0 Å². The fourth-order valence-corrected chi connectivity index (χ4v) is 2.23. The molecule has 2 aliphatic carbocycles. The fourth-order valence-electron chi connectivity index (χ4n) is 2.23. The van der Waals surface area contributed by atoms with Gasteiger partial charge in [0.15, 0.2) is 0 Å². The van der Waals surface area contributed by atoms with E-state index in [1.165, 1.54) is 45.2 Å². The standard InChI is InChI=1S/C13H26N2/c1-13(2,14)8-3-9-15(12-6-7-12)10-11-4-5-11/h11-12H,3-10,14H2,1-2H3. The molecule has 2 saturated carbocycles. The molecule has 0 saturated heterocycles. The summed E-state index contributed by atoms with van der Waals surface area (Å²) in [5, 5.41) is 0. The summed E-state index contributed by atoms with van der Waals surface area (Å²) in [5.41, 5.74) is 6.03. The van der Waals surface area contributed by atoms with Crippen LogP contribution >= 0.6 is 0 Å². The second-order valence-corrected chi connectivity index (χ2v) is 6.26. The van der Waals surface area contributed by atoms with Gasteiger partial charge in [-0.05, 0) is 64.8 Å². The molecule has 0 heterocycles. The second-order valence-electron chi connectivity index (χ2n) is 6.26. The molecule has 0 atom stereocenters. The van der Waals surface area contributed by atoms with Gasteiger partial charge in [-0.1, -0.05) is 0 Å². The first-order chi connectivity index (χ1) is 7.04. The van der Waals surface area contributed by atoms with E-state index < -0.39 is 0 Å². The molecule has 0 aromatic rings. The molecule has 0 amide bonds. The van der Waals surface area contributed by atoms with Crippen LogP contribution in [0.3, 0.4) is 0 Å². The lowest BCUT2D eigenvalue weighted by atomic mass is 10.00. The number of hydrogen-bond donors (Lipinski definition) is 1. The van der Waals surface area contributed by atoms with Crippen molar-refractivity contribution in [2.75, 3.05) is 13.1 Å². The minimum Gasteiger partial charge on any atom is -0.326 e. The Hall–Kier alpha value is -0.0800. The molecule has 2 rings (SSSR count). The molecular formula is C13H26N2. The normalized spacial score (nSPS) is 22.4. The van der Waals surface area contributed by atoms with Gasteiger partial charge in [-0.25, -0.2) is 0 Å². The van der Waals surface area contributed by atoms with Crippen LogP contribution < -0.4 is 5.73 Å². The van der Waals surface area contributed by atoms with Crippen LogP contribution in [0.2, 0.25) is 0 Å². The third-order valence-electron chi connectivity index (χ3n) is 3.52. The van der Waals surface area contributed by atoms with Crippen molar-refractivity contribution >= 4 is 0 Å². The van der Waals surface area contributed by atoms with Gasteiger partial charge in [-0.3, -0.25) is 0 Å². The van der Waals surface area contributed by atoms with E-state index in [0.717, 1.165) is 18.4 Å². The van der Waals surface area contributed by atoms with Gasteiger partial charge in [0.1, 0.15) is 0 Å². The average Bonchev–Trinajstić information content (AvgIpc) is 2.97. The van der Waals surface area contributed by atoms with Crippen LogP contribution in [0.15, 0.2) is 0 Å². The highest BCUT2D eigenvalue weighted by atomic mass is 15.2. The molecule has 2 heteroatoms. The molecule has 2 nitrogen and oxygen atoms in total. The van der Waals surface area contributed by atoms with Gasteiger partial charge < -0.3 is 10.6 Å². The first-order valence-corrected chi connectivity index (χ1v) is 6.57. The maximum absolute atomic E-state index is 6.01. The van der Waals surface area contributed by atoms with E-state index in [1.807, 2.05) is 0 Å². The first-order valence-electron chi connectivity index (χ1n) is 6.57. The Morgan fingerprint density at radius 3 is 2.33 bits per heavy atom. The Labute approximate surface area is 94.2 Å². The van der Waals surface area contributed by atoms with E-state index >= 15 is 0 Å². The van der Waals surface area contributed by atoms with Crippen molar-refractivity contribution in [3.8, 4) is 0 Å². The Kier molecular flexibility index (Phi) is 3.36. The maximum Gasteiger partial charge on any atom is 0.00975 e. The van der Waals surface area contributed by atoms with Crippen molar-refractivity contribution in [1.29, 1.82) is 0 Å². The van der Waals surface area contributed by atoms with Gasteiger partial charge >= 0.3 is 0 Å². The Morgan fingerprint density at radius 2 is 1.87 bits per heavy atom. The van der Waals surface area contributed by atoms with Crippen LogP contribution in [0.25, 0.3) is 0 Å². The van der Waals surface area contributed by atoms with E-state index in [0.29, 0.717) is 0 Å². The van der Waals surface area contributed by atoms with Gasteiger partial charge in [-0.2, -0.15) is 0 Å². The summed E-state index contributed by atoms with van der Waals surface area (Å²) >= 11 is 0. The maximum atomic E-state index is 6.01. The number of rotatable bonds is 7. The third-order valence-corrected chi connectivity index (χ3v) is 3.52. The van der Waals surface area contributed by atoms with Crippen molar-refractivity contribution in [2.45, 2.75) is 64.0 Å². The summed E-state index contributed by atoms with van der Waals surface area (Å²) in [7, 11) is 0. The quantitative estimate of drug-likeness (QED) is 0.699. The van der Waals surface area contributed by atoms with Crippen LogP contribution in [0, 0.1) is 5.92 Å². The van der Waals surface area contributed by atoms with Crippen molar-refractivity contribution < 1.29 is 0 Å². The van der Waals surface area contributed by atoms with Crippen molar-refractivity contribution in [1.82, 2.24) is 4.90 Å². The summed E-state index contributed by atoms with van der Waals surface area (Å²) in [6, 6.07) is 0.937. The largest absolute Gasteiger partial charge is 0.326 e. The lowest BCUT2D eigenvalue weighted by molar-refractivity contribution is 0.240. The summed E-state index contributed by atoms with van der Waals surface area (Å²) in [6.45, 7) is 6.92. The summed E-state index contributed by atoms with van der Waals surface area (Å²) < 4.78 is 0. The van der Waals surface area contributed by atoms with Gasteiger partial charge in [0, 0.05) is 18.1 Å². The van der Waals surface area contributed by atoms with Crippen molar-refractivity contribution in [3.63, 3.8) is 0 Å². The topological polar surface area (TPSA) is 29.3 Å². The lowest BCUT2D eigenvalue weighted by Gasteiger charge is -2.24. The molecule has 15 heavy (non-hydrogen) atoms. The predicted molar refractivity (Wildman–Crippen MR) is 64.8 cm³/mol. The Morgan fingerprint density at radius 1 is 1.20 bits per heavy atom. The van der Waals surface area contributed by atoms with E-state index in [-0.39, 0.29) is 5.54 Å². The minimum absolute atomic E-state index is 0.0226. The molecule has 0 unspecified atom stereocenters. The van der Waals surface area contributed by atoms with E-state index in [1.54, 1.807) is 0 Å². The van der Waals surface area contributed by atoms with Gasteiger partial charge in [-0.15, -0.1) is 0 Å². The minimum atomic E-state index is 0.0226. The predicted octanol–water partition coefficient (Wildman–Crippen LogP) is 2.38. The highest BCUT2D eigenvalue weighted by molar-refractivity contribution is 4.88. The van der Waals surface area contributed by atoms with Crippen molar-refractivity contribution in [2.24, 2.45) is 11.7 Å². The smallest absolute Gasteiger partial charge is 0.00975 e. The Balaban J connectivity index is 1.64. The van der Waals surface area contributed by atoms with E-state index in [4.69, 9.17) is 5.73 Å². The summed E-state index contributed by atoms with van der Waals surface area (Å²) in [5.74, 6) is 1.04. The monoisotopic (exact) mass is 210 g/mol. The zero-order chi connectivity index (χ0) is 10.9. The summed E-state index contributed by atoms with van der Waals surface area (Å²) in [4.78, 5) is 2.73. The molecule has 0 radical (unpaired) electrons. The average molecular weight is 210 g/mol. The summed E-state index contributed by atoms with van der Waals surface area (Å²) in [6.07, 6.45) is 8.27. The third kappa shape index (κ3) is 4.52. The lowest BCUT2D eigenvalue weighted by Crippen LogP contribution is -2.35. The second kappa shape index (κ2) is 4.42. The van der Waals surface area contributed by atoms with Gasteiger partial charge in [0.2, 0.25) is 0 Å². The number of nitrogens with zero attached hydrogens (tertiary/aromatic N) is 1. The Bertz CT molecular complexity index is 199. The molecule has 2 fully saturated rings. The van der Waals surface area contributed by atoms with Gasteiger partial charge in [0.25, 0.3) is 0 Å². The van der Waals surface area contributed by atoms with Crippen molar-refractivity contribution in [3.05, 3.63) is 0 Å². The van der Waals surface area contributed by atoms with E-state index in [9.17, 15) is 0 Å². The molecule has 88 valence electrons. The van der Waals surface area contributed by atoms with Crippen LogP contribution in [-0.2, 0) is 0 Å². The molecule has 2 N–H and O–H groups in total. The zero-order valence-corrected chi connectivity index (χ0v) is 10.3. The molecule has 0 aromatic heterocycles. The SMILES string of the molecule is CC(C)(N)CCCN(CC1CC1)C1CC1. The van der Waals surface area contributed by atoms with E-state index in [2.05, 4.69) is 18.7 Å². The molecule has 0 aromatic carbocycles. The zero-order valence-electron chi connectivity index (χ0n) is 10.3.